The lowest BCUT2D eigenvalue weighted by Crippen LogP contribution is -2.42. The number of Topliss-reactive ketones (excluding diaryl/α,β-unsaturated/α-hetero) is 1. The lowest BCUT2D eigenvalue weighted by molar-refractivity contribution is -0.168. The number of benzene rings is 1. The van der Waals surface area contributed by atoms with Crippen LogP contribution < -0.4 is 0 Å². The zero-order valence-corrected chi connectivity index (χ0v) is 15.7. The van der Waals surface area contributed by atoms with Crippen molar-refractivity contribution < 1.29 is 14.3 Å². The highest BCUT2D eigenvalue weighted by Gasteiger charge is 2.39. The molecule has 0 N–H and O–H groups in total. The second-order valence-electron chi connectivity index (χ2n) is 7.95. The van der Waals surface area contributed by atoms with Crippen molar-refractivity contribution in [2.45, 2.75) is 33.1 Å². The molecule has 2 heterocycles. The molecule has 0 atom stereocenters. The van der Waals surface area contributed by atoms with E-state index in [1.807, 2.05) is 25.1 Å². The lowest BCUT2D eigenvalue weighted by Gasteiger charge is -2.32. The Morgan fingerprint density at radius 3 is 2.38 bits per heavy atom. The van der Waals surface area contributed by atoms with Crippen molar-refractivity contribution >= 4 is 17.6 Å². The molecule has 26 heavy (non-hydrogen) atoms. The Bertz CT molecular complexity index is 781. The van der Waals surface area contributed by atoms with Gasteiger partial charge in [0.1, 0.15) is 25.1 Å². The van der Waals surface area contributed by atoms with Crippen LogP contribution in [0, 0.1) is 5.41 Å². The van der Waals surface area contributed by atoms with Gasteiger partial charge in [-0.05, 0) is 29.5 Å². The summed E-state index contributed by atoms with van der Waals surface area (Å²) in [6.07, 6.45) is 4.78. The third-order valence-corrected chi connectivity index (χ3v) is 4.53. The van der Waals surface area contributed by atoms with E-state index in [1.165, 1.54) is 22.9 Å². The molecule has 0 unspecified atom stereocenters. The van der Waals surface area contributed by atoms with Crippen LogP contribution in [-0.4, -0.2) is 40.6 Å². The van der Waals surface area contributed by atoms with Gasteiger partial charge < -0.3 is 9.47 Å². The summed E-state index contributed by atoms with van der Waals surface area (Å²) in [5.74, 6) is -0.0809. The van der Waals surface area contributed by atoms with Crippen LogP contribution >= 0.6 is 0 Å². The molecule has 2 aromatic rings. The molecule has 1 aromatic heterocycles. The highest BCUT2D eigenvalue weighted by atomic mass is 16.7. The van der Waals surface area contributed by atoms with Crippen molar-refractivity contribution in [3.8, 4) is 0 Å². The standard InChI is InChI=1S/C20H25N3O3/c1-19(2,3)16-7-5-15(6-8-16)9-17(23-13-21-12-22-23)18(24)20(4)10-25-14-26-11-20/h5-9,12-13H,10-11,14H2,1-4H3. The van der Waals surface area contributed by atoms with Gasteiger partial charge in [-0.15, -0.1) is 0 Å². The van der Waals surface area contributed by atoms with Gasteiger partial charge >= 0.3 is 0 Å². The summed E-state index contributed by atoms with van der Waals surface area (Å²) >= 11 is 0. The van der Waals surface area contributed by atoms with E-state index in [9.17, 15) is 4.79 Å². The molecule has 6 nitrogen and oxygen atoms in total. The fourth-order valence-corrected chi connectivity index (χ4v) is 2.88. The molecule has 1 fully saturated rings. The average molecular weight is 355 g/mol. The van der Waals surface area contributed by atoms with Gasteiger partial charge in [0.25, 0.3) is 0 Å². The molecule has 0 bridgehead atoms. The van der Waals surface area contributed by atoms with Crippen molar-refractivity contribution in [1.82, 2.24) is 14.8 Å². The second kappa shape index (κ2) is 7.13. The Hall–Kier alpha value is -2.31. The van der Waals surface area contributed by atoms with Crippen molar-refractivity contribution in [2.24, 2.45) is 5.41 Å². The van der Waals surface area contributed by atoms with Crippen LogP contribution in [0.1, 0.15) is 38.8 Å². The molecule has 6 heteroatoms. The van der Waals surface area contributed by atoms with Crippen molar-refractivity contribution in [2.75, 3.05) is 20.0 Å². The zero-order valence-electron chi connectivity index (χ0n) is 15.7. The van der Waals surface area contributed by atoms with Crippen LogP contribution in [0.15, 0.2) is 36.9 Å². The second-order valence-corrected chi connectivity index (χ2v) is 7.95. The molecule has 0 radical (unpaired) electrons. The molecule has 0 spiro atoms. The molecule has 1 saturated heterocycles. The number of carbonyl (C=O) groups excluding carboxylic acids is 1. The molecule has 1 aromatic carbocycles. The molecule has 1 aliphatic heterocycles. The molecule has 138 valence electrons. The summed E-state index contributed by atoms with van der Waals surface area (Å²) in [7, 11) is 0. The van der Waals surface area contributed by atoms with E-state index in [2.05, 4.69) is 43.0 Å². The van der Waals surface area contributed by atoms with Gasteiger partial charge in [0.05, 0.1) is 18.6 Å². The third-order valence-electron chi connectivity index (χ3n) is 4.53. The summed E-state index contributed by atoms with van der Waals surface area (Å²) in [5, 5.41) is 4.15. The summed E-state index contributed by atoms with van der Waals surface area (Å²) in [6.45, 7) is 9.23. The summed E-state index contributed by atoms with van der Waals surface area (Å²) in [6, 6.07) is 8.20. The molecule has 3 rings (SSSR count). The Morgan fingerprint density at radius 1 is 1.19 bits per heavy atom. The first-order valence-corrected chi connectivity index (χ1v) is 8.67. The first kappa shape index (κ1) is 18.5. The number of ether oxygens (including phenoxy) is 2. The highest BCUT2D eigenvalue weighted by molar-refractivity contribution is 6.22. The monoisotopic (exact) mass is 355 g/mol. The fourth-order valence-electron chi connectivity index (χ4n) is 2.88. The maximum absolute atomic E-state index is 13.2. The predicted octanol–water partition coefficient (Wildman–Crippen LogP) is 3.15. The highest BCUT2D eigenvalue weighted by Crippen LogP contribution is 2.29. The van der Waals surface area contributed by atoms with Gasteiger partial charge in [0.2, 0.25) is 0 Å². The van der Waals surface area contributed by atoms with E-state index >= 15 is 0 Å². The number of hydrogen-bond acceptors (Lipinski definition) is 5. The van der Waals surface area contributed by atoms with Gasteiger partial charge in [-0.1, -0.05) is 45.0 Å². The number of carbonyl (C=O) groups is 1. The average Bonchev–Trinajstić information content (AvgIpc) is 3.14. The summed E-state index contributed by atoms with van der Waals surface area (Å²) in [5.41, 5.74) is 1.95. The number of ketones is 1. The van der Waals surface area contributed by atoms with Crippen LogP contribution in [0.3, 0.4) is 0 Å². The van der Waals surface area contributed by atoms with Crippen LogP contribution in [0.4, 0.5) is 0 Å². The predicted molar refractivity (Wildman–Crippen MR) is 99.2 cm³/mol. The normalized spacial score (nSPS) is 17.9. The molecular weight excluding hydrogens is 330 g/mol. The van der Waals surface area contributed by atoms with Gasteiger partial charge in [0, 0.05) is 0 Å². The molecule has 0 amide bonds. The Balaban J connectivity index is 1.97. The van der Waals surface area contributed by atoms with Crippen molar-refractivity contribution in [3.05, 3.63) is 48.0 Å². The van der Waals surface area contributed by atoms with Gasteiger partial charge in [-0.25, -0.2) is 9.67 Å². The molecule has 1 aliphatic rings. The Labute approximate surface area is 153 Å². The van der Waals surface area contributed by atoms with Crippen LogP contribution in [0.5, 0.6) is 0 Å². The first-order chi connectivity index (χ1) is 12.3. The van der Waals surface area contributed by atoms with Crippen molar-refractivity contribution in [3.63, 3.8) is 0 Å². The van der Waals surface area contributed by atoms with Crippen LogP contribution in [0.25, 0.3) is 11.8 Å². The van der Waals surface area contributed by atoms with E-state index < -0.39 is 5.41 Å². The quantitative estimate of drug-likeness (QED) is 0.788. The third kappa shape index (κ3) is 3.92. The van der Waals surface area contributed by atoms with Gasteiger partial charge in [-0.3, -0.25) is 4.79 Å². The Morgan fingerprint density at radius 2 is 1.85 bits per heavy atom. The van der Waals surface area contributed by atoms with E-state index in [0.717, 1.165) is 5.56 Å². The van der Waals surface area contributed by atoms with E-state index in [-0.39, 0.29) is 18.0 Å². The maximum Gasteiger partial charge on any atom is 0.191 e. The minimum atomic E-state index is -0.749. The number of allylic oxidation sites excluding steroid dienone is 1. The van der Waals surface area contributed by atoms with Gasteiger partial charge in [0.15, 0.2) is 5.78 Å². The van der Waals surface area contributed by atoms with E-state index in [1.54, 1.807) is 0 Å². The minimum Gasteiger partial charge on any atom is -0.354 e. The zero-order chi connectivity index (χ0) is 18.8. The maximum atomic E-state index is 13.2. The molecule has 0 saturated carbocycles. The SMILES string of the molecule is CC1(C(=O)C(=Cc2ccc(C(C)(C)C)cc2)n2cncn2)COCOC1. The fraction of sp³-hybridized carbons (Fsp3) is 0.450. The number of nitrogens with zero attached hydrogens (tertiary/aromatic N) is 3. The summed E-state index contributed by atoms with van der Waals surface area (Å²) < 4.78 is 12.2. The van der Waals surface area contributed by atoms with E-state index in [4.69, 9.17) is 9.47 Å². The minimum absolute atomic E-state index is 0.0804. The first-order valence-electron chi connectivity index (χ1n) is 8.67. The van der Waals surface area contributed by atoms with Crippen LogP contribution in [-0.2, 0) is 19.7 Å². The topological polar surface area (TPSA) is 66.2 Å². The smallest absolute Gasteiger partial charge is 0.191 e. The van der Waals surface area contributed by atoms with E-state index in [0.29, 0.717) is 18.9 Å². The number of hydrogen-bond donors (Lipinski definition) is 0. The van der Waals surface area contributed by atoms with Gasteiger partial charge in [-0.2, -0.15) is 5.10 Å². The Kier molecular flexibility index (Phi) is 5.07. The number of aromatic nitrogens is 3. The molecule has 0 aliphatic carbocycles. The van der Waals surface area contributed by atoms with Crippen molar-refractivity contribution in [1.29, 1.82) is 0 Å². The summed E-state index contributed by atoms with van der Waals surface area (Å²) in [4.78, 5) is 17.2. The molecular formula is C20H25N3O3. The van der Waals surface area contributed by atoms with Crippen LogP contribution in [0.2, 0.25) is 0 Å². The number of rotatable bonds is 4. The lowest BCUT2D eigenvalue weighted by atomic mass is 9.84. The largest absolute Gasteiger partial charge is 0.354 e.